The molecule has 33 heavy (non-hydrogen) atoms. The summed E-state index contributed by atoms with van der Waals surface area (Å²) < 4.78 is 27.6. The Balaban J connectivity index is 1.91. The lowest BCUT2D eigenvalue weighted by atomic mass is 9.96. The van der Waals surface area contributed by atoms with E-state index in [4.69, 9.17) is 11.6 Å². The second kappa shape index (κ2) is 8.57. The summed E-state index contributed by atoms with van der Waals surface area (Å²) >= 11 is 6.12. The smallest absolute Gasteiger partial charge is 0.335 e. The molecule has 0 unspecified atom stereocenters. The SMILES string of the molecule is O=C(O)c1cccc(C(=CO)C(=O)c2cn(S(=O)(=O)c3ccccc3)c3ccc(Cl)cc23)c1. The molecular weight excluding hydrogens is 466 g/mol. The van der Waals surface area contributed by atoms with Crippen molar-refractivity contribution in [1.82, 2.24) is 3.97 Å². The van der Waals surface area contributed by atoms with Gasteiger partial charge in [-0.25, -0.2) is 17.2 Å². The predicted octanol–water partition coefficient (Wildman–Crippen LogP) is 5.01. The molecule has 9 heteroatoms. The molecule has 3 aromatic carbocycles. The van der Waals surface area contributed by atoms with Crippen LogP contribution in [-0.4, -0.2) is 34.4 Å². The number of Topliss-reactive ketones (excluding diaryl/α,β-unsaturated/α-hetero) is 1. The Morgan fingerprint density at radius 2 is 1.61 bits per heavy atom. The first kappa shape index (κ1) is 22.3. The van der Waals surface area contributed by atoms with Crippen LogP contribution < -0.4 is 0 Å². The summed E-state index contributed by atoms with van der Waals surface area (Å²) in [5.41, 5.74) is 0.0958. The van der Waals surface area contributed by atoms with E-state index in [2.05, 4.69) is 0 Å². The largest absolute Gasteiger partial charge is 0.515 e. The van der Waals surface area contributed by atoms with Gasteiger partial charge in [0, 0.05) is 22.2 Å². The number of allylic oxidation sites excluding steroid dienone is 1. The molecule has 7 nitrogen and oxygen atoms in total. The fourth-order valence-electron chi connectivity index (χ4n) is 3.49. The topological polar surface area (TPSA) is 114 Å². The number of hydrogen-bond acceptors (Lipinski definition) is 5. The predicted molar refractivity (Wildman–Crippen MR) is 124 cm³/mol. The van der Waals surface area contributed by atoms with Gasteiger partial charge in [0.2, 0.25) is 0 Å². The maximum atomic E-state index is 13.4. The van der Waals surface area contributed by atoms with Gasteiger partial charge in [-0.15, -0.1) is 0 Å². The third-order valence-electron chi connectivity index (χ3n) is 5.07. The molecule has 0 atom stereocenters. The molecule has 0 aliphatic heterocycles. The maximum Gasteiger partial charge on any atom is 0.335 e. The molecule has 4 aromatic rings. The number of carbonyl (C=O) groups excluding carboxylic acids is 1. The van der Waals surface area contributed by atoms with Gasteiger partial charge in [0.05, 0.1) is 27.8 Å². The summed E-state index contributed by atoms with van der Waals surface area (Å²) in [6.07, 6.45) is 1.75. The number of aliphatic hydroxyl groups is 1. The fraction of sp³-hybridized carbons (Fsp3) is 0. The monoisotopic (exact) mass is 481 g/mol. The summed E-state index contributed by atoms with van der Waals surface area (Å²) in [6, 6.07) is 17.7. The van der Waals surface area contributed by atoms with E-state index < -0.39 is 21.8 Å². The molecule has 1 aromatic heterocycles. The maximum absolute atomic E-state index is 13.4. The minimum atomic E-state index is -4.04. The third-order valence-corrected chi connectivity index (χ3v) is 6.99. The average Bonchev–Trinajstić information content (AvgIpc) is 3.19. The fourth-order valence-corrected chi connectivity index (χ4v) is 5.05. The van der Waals surface area contributed by atoms with Gasteiger partial charge in [-0.1, -0.05) is 41.9 Å². The van der Waals surface area contributed by atoms with Crippen molar-refractivity contribution in [3.05, 3.63) is 107 Å². The molecule has 0 saturated carbocycles. The number of carboxylic acids is 1. The van der Waals surface area contributed by atoms with Gasteiger partial charge in [0.25, 0.3) is 10.0 Å². The molecule has 0 saturated heterocycles. The zero-order chi connectivity index (χ0) is 23.8. The minimum absolute atomic E-state index is 0.0203. The van der Waals surface area contributed by atoms with Crippen LogP contribution in [0.1, 0.15) is 26.3 Å². The number of aromatic nitrogens is 1. The van der Waals surface area contributed by atoms with Gasteiger partial charge >= 0.3 is 5.97 Å². The Morgan fingerprint density at radius 3 is 2.27 bits per heavy atom. The zero-order valence-corrected chi connectivity index (χ0v) is 18.4. The lowest BCUT2D eigenvalue weighted by molar-refractivity contribution is 0.0696. The molecule has 166 valence electrons. The van der Waals surface area contributed by atoms with Crippen LogP contribution in [0.15, 0.2) is 90.2 Å². The van der Waals surface area contributed by atoms with E-state index in [9.17, 15) is 28.2 Å². The van der Waals surface area contributed by atoms with Crippen LogP contribution in [-0.2, 0) is 10.0 Å². The molecule has 0 fully saturated rings. The van der Waals surface area contributed by atoms with E-state index >= 15 is 0 Å². The highest BCUT2D eigenvalue weighted by atomic mass is 35.5. The Morgan fingerprint density at radius 1 is 0.909 bits per heavy atom. The van der Waals surface area contributed by atoms with Crippen LogP contribution in [0.5, 0.6) is 0 Å². The van der Waals surface area contributed by atoms with E-state index in [1.165, 1.54) is 60.8 Å². The summed E-state index contributed by atoms with van der Waals surface area (Å²) in [5.74, 6) is -1.90. The second-order valence-electron chi connectivity index (χ2n) is 7.08. The van der Waals surface area contributed by atoms with Crippen molar-refractivity contribution < 1.29 is 28.2 Å². The first-order valence-electron chi connectivity index (χ1n) is 9.58. The third kappa shape index (κ3) is 4.02. The normalized spacial score (nSPS) is 12.1. The van der Waals surface area contributed by atoms with Crippen LogP contribution in [0.3, 0.4) is 0 Å². The number of hydrogen-bond donors (Lipinski definition) is 2. The number of benzene rings is 3. The number of carboxylic acid groups (broad SMARTS) is 1. The highest BCUT2D eigenvalue weighted by Crippen LogP contribution is 2.32. The molecule has 0 radical (unpaired) electrons. The number of rotatable bonds is 6. The molecule has 1 heterocycles. The quantitative estimate of drug-likeness (QED) is 0.227. The van der Waals surface area contributed by atoms with Gasteiger partial charge in [-0.2, -0.15) is 0 Å². The van der Waals surface area contributed by atoms with E-state index in [0.29, 0.717) is 6.26 Å². The van der Waals surface area contributed by atoms with Crippen LogP contribution in [0, 0.1) is 0 Å². The second-order valence-corrected chi connectivity index (χ2v) is 9.33. The first-order chi connectivity index (χ1) is 15.7. The van der Waals surface area contributed by atoms with Gasteiger partial charge in [0.15, 0.2) is 5.78 Å². The number of ketones is 1. The Kier molecular flexibility index (Phi) is 5.80. The zero-order valence-electron chi connectivity index (χ0n) is 16.8. The van der Waals surface area contributed by atoms with Gasteiger partial charge in [-0.3, -0.25) is 4.79 Å². The number of aliphatic hydroxyl groups excluding tert-OH is 1. The van der Waals surface area contributed by atoms with Crippen molar-refractivity contribution in [2.24, 2.45) is 0 Å². The van der Waals surface area contributed by atoms with Crippen molar-refractivity contribution in [3.8, 4) is 0 Å². The standard InChI is InChI=1S/C24H16ClNO6S/c25-17-9-10-22-19(12-17)20(13-26(22)33(31,32)18-7-2-1-3-8-18)23(28)21(14-27)15-5-4-6-16(11-15)24(29)30/h1-14,27H,(H,29,30). The van der Waals surface area contributed by atoms with Crippen molar-refractivity contribution in [2.45, 2.75) is 4.90 Å². The van der Waals surface area contributed by atoms with E-state index in [0.717, 1.165) is 3.97 Å². The number of carbonyl (C=O) groups is 2. The molecule has 0 aliphatic carbocycles. The van der Waals surface area contributed by atoms with E-state index in [-0.39, 0.29) is 43.1 Å². The van der Waals surface area contributed by atoms with Crippen LogP contribution in [0.4, 0.5) is 0 Å². The molecule has 0 spiro atoms. The Hall–Kier alpha value is -3.88. The number of aromatic carboxylic acids is 1. The van der Waals surface area contributed by atoms with E-state index in [1.807, 2.05) is 0 Å². The molecule has 4 rings (SSSR count). The summed E-state index contributed by atoms with van der Waals surface area (Å²) in [7, 11) is -4.04. The van der Waals surface area contributed by atoms with Crippen molar-refractivity contribution >= 4 is 49.9 Å². The van der Waals surface area contributed by atoms with Gasteiger partial charge in [0.1, 0.15) is 0 Å². The number of fused-ring (bicyclic) bond motifs is 1. The van der Waals surface area contributed by atoms with Gasteiger partial charge < -0.3 is 10.2 Å². The number of nitrogens with zero attached hydrogens (tertiary/aromatic N) is 1. The first-order valence-corrected chi connectivity index (χ1v) is 11.4. The van der Waals surface area contributed by atoms with Crippen LogP contribution >= 0.6 is 11.6 Å². The summed E-state index contributed by atoms with van der Waals surface area (Å²) in [4.78, 5) is 24.8. The van der Waals surface area contributed by atoms with Gasteiger partial charge in [-0.05, 0) is 48.0 Å². The Bertz CT molecular complexity index is 1540. The summed E-state index contributed by atoms with van der Waals surface area (Å²) in [5, 5.41) is 19.6. The van der Waals surface area contributed by atoms with Crippen molar-refractivity contribution in [1.29, 1.82) is 0 Å². The molecular formula is C24H16ClNO6S. The molecule has 2 N–H and O–H groups in total. The Labute approximate surface area is 193 Å². The molecule has 0 amide bonds. The van der Waals surface area contributed by atoms with Crippen LogP contribution in [0.25, 0.3) is 16.5 Å². The molecule has 0 bridgehead atoms. The highest BCUT2D eigenvalue weighted by Gasteiger charge is 2.26. The highest BCUT2D eigenvalue weighted by molar-refractivity contribution is 7.90. The van der Waals surface area contributed by atoms with E-state index in [1.54, 1.807) is 18.2 Å². The lowest BCUT2D eigenvalue weighted by Gasteiger charge is -2.07. The van der Waals surface area contributed by atoms with Crippen molar-refractivity contribution in [2.75, 3.05) is 0 Å². The minimum Gasteiger partial charge on any atom is -0.515 e. The summed E-state index contributed by atoms with van der Waals surface area (Å²) in [6.45, 7) is 0. The van der Waals surface area contributed by atoms with Crippen LogP contribution in [0.2, 0.25) is 5.02 Å². The average molecular weight is 482 g/mol. The molecule has 0 aliphatic rings. The number of halogens is 1. The van der Waals surface area contributed by atoms with Crippen molar-refractivity contribution in [3.63, 3.8) is 0 Å². The lowest BCUT2D eigenvalue weighted by Crippen LogP contribution is -2.12.